The molecule has 0 aliphatic carbocycles. The Kier molecular flexibility index (Phi) is 4.26. The summed E-state index contributed by atoms with van der Waals surface area (Å²) in [5.41, 5.74) is 7.62. The number of thiazole rings is 1. The van der Waals surface area contributed by atoms with E-state index in [1.54, 1.807) is 6.19 Å². The maximum Gasteiger partial charge on any atom is 0.192 e. The Balaban J connectivity index is 2.20. The van der Waals surface area contributed by atoms with Gasteiger partial charge in [0.2, 0.25) is 0 Å². The van der Waals surface area contributed by atoms with E-state index in [0.717, 1.165) is 11.3 Å². The van der Waals surface area contributed by atoms with E-state index in [2.05, 4.69) is 20.6 Å². The average molecular weight is 285 g/mol. The molecule has 0 saturated heterocycles. The van der Waals surface area contributed by atoms with Crippen LogP contribution >= 0.6 is 11.3 Å². The summed E-state index contributed by atoms with van der Waals surface area (Å²) in [7, 11) is 0. The molecule has 0 radical (unpaired) electrons. The smallest absolute Gasteiger partial charge is 0.192 e. The number of nitrogens with zero attached hydrogens (tertiary/aromatic N) is 3. The van der Waals surface area contributed by atoms with Crippen molar-refractivity contribution in [1.82, 2.24) is 10.3 Å². The minimum atomic E-state index is -0.146. The fourth-order valence-electron chi connectivity index (χ4n) is 1.46. The predicted octanol–water partition coefficient (Wildman–Crippen LogP) is 1.85. The summed E-state index contributed by atoms with van der Waals surface area (Å²) in [4.78, 5) is 8.41. The SMILES string of the molecule is N#CN/C=N/c1cccc(-c2csc(NC(=N)N)n2)c1. The lowest BCUT2D eigenvalue weighted by molar-refractivity contribution is 1.29. The quantitative estimate of drug-likeness (QED) is 0.295. The molecule has 1 aromatic heterocycles. The fraction of sp³-hybridized carbons (Fsp3) is 0. The van der Waals surface area contributed by atoms with Gasteiger partial charge >= 0.3 is 0 Å². The van der Waals surface area contributed by atoms with Crippen molar-refractivity contribution in [3.8, 4) is 17.5 Å². The van der Waals surface area contributed by atoms with Crippen molar-refractivity contribution < 1.29 is 0 Å². The monoisotopic (exact) mass is 285 g/mol. The summed E-state index contributed by atoms with van der Waals surface area (Å²) in [5, 5.41) is 22.9. The van der Waals surface area contributed by atoms with Crippen LogP contribution in [0.1, 0.15) is 0 Å². The van der Waals surface area contributed by atoms with Gasteiger partial charge in [0.05, 0.1) is 11.4 Å². The summed E-state index contributed by atoms with van der Waals surface area (Å²) in [5.74, 6) is -0.146. The second kappa shape index (κ2) is 6.31. The maximum atomic E-state index is 8.36. The first kappa shape index (κ1) is 13.5. The predicted molar refractivity (Wildman–Crippen MR) is 80.0 cm³/mol. The summed E-state index contributed by atoms with van der Waals surface area (Å²) in [6.07, 6.45) is 3.08. The van der Waals surface area contributed by atoms with E-state index in [0.29, 0.717) is 10.8 Å². The van der Waals surface area contributed by atoms with Crippen LogP contribution in [0.5, 0.6) is 0 Å². The van der Waals surface area contributed by atoms with Crippen LogP contribution in [0.2, 0.25) is 0 Å². The number of anilines is 1. The normalized spacial score (nSPS) is 10.2. The third-order valence-electron chi connectivity index (χ3n) is 2.23. The number of aliphatic imine (C=N–C) groups is 1. The lowest BCUT2D eigenvalue weighted by Gasteiger charge is -1.99. The first-order valence-corrected chi connectivity index (χ1v) is 6.41. The van der Waals surface area contributed by atoms with Crippen LogP contribution in [0, 0.1) is 16.9 Å². The lowest BCUT2D eigenvalue weighted by Crippen LogP contribution is -2.20. The fourth-order valence-corrected chi connectivity index (χ4v) is 2.19. The van der Waals surface area contributed by atoms with Crippen molar-refractivity contribution in [3.63, 3.8) is 0 Å². The minimum Gasteiger partial charge on any atom is -0.370 e. The number of nitriles is 1. The molecule has 2 aromatic rings. The molecular formula is C12H11N7S. The van der Waals surface area contributed by atoms with Gasteiger partial charge < -0.3 is 11.1 Å². The zero-order valence-corrected chi connectivity index (χ0v) is 11.1. The second-order valence-corrected chi connectivity index (χ2v) is 4.50. The van der Waals surface area contributed by atoms with Crippen LogP contribution in [0.4, 0.5) is 10.8 Å². The van der Waals surface area contributed by atoms with Crippen LogP contribution in [-0.2, 0) is 0 Å². The Morgan fingerprint density at radius 2 is 2.40 bits per heavy atom. The van der Waals surface area contributed by atoms with Gasteiger partial charge in [-0.05, 0) is 12.1 Å². The molecule has 0 amide bonds. The van der Waals surface area contributed by atoms with Crippen molar-refractivity contribution in [2.75, 3.05) is 5.32 Å². The van der Waals surface area contributed by atoms with Crippen molar-refractivity contribution >= 4 is 34.5 Å². The van der Waals surface area contributed by atoms with Gasteiger partial charge in [-0.2, -0.15) is 5.26 Å². The molecule has 100 valence electrons. The first-order valence-electron chi connectivity index (χ1n) is 5.53. The standard InChI is InChI=1S/C12H11N7S/c13-6-16-7-17-9-3-1-2-8(4-9)10-5-20-12(18-10)19-11(14)15/h1-5,7H,(H,16,17)(H4,14,15,18,19). The van der Waals surface area contributed by atoms with E-state index in [4.69, 9.17) is 16.4 Å². The molecule has 0 aliphatic heterocycles. The molecule has 20 heavy (non-hydrogen) atoms. The lowest BCUT2D eigenvalue weighted by atomic mass is 10.1. The van der Waals surface area contributed by atoms with Gasteiger partial charge in [0.1, 0.15) is 6.34 Å². The van der Waals surface area contributed by atoms with Gasteiger partial charge in [-0.15, -0.1) is 11.3 Å². The number of guanidine groups is 1. The zero-order chi connectivity index (χ0) is 14.4. The van der Waals surface area contributed by atoms with Crippen LogP contribution < -0.4 is 16.4 Å². The average Bonchev–Trinajstić information content (AvgIpc) is 2.87. The molecule has 0 aliphatic rings. The summed E-state index contributed by atoms with van der Waals surface area (Å²) in [6.45, 7) is 0. The highest BCUT2D eigenvalue weighted by molar-refractivity contribution is 7.14. The van der Waals surface area contributed by atoms with Crippen molar-refractivity contribution in [3.05, 3.63) is 29.6 Å². The number of rotatable bonds is 4. The van der Waals surface area contributed by atoms with E-state index in [9.17, 15) is 0 Å². The Labute approximate surface area is 119 Å². The van der Waals surface area contributed by atoms with Crippen LogP contribution in [0.3, 0.4) is 0 Å². The van der Waals surface area contributed by atoms with Gasteiger partial charge in [-0.1, -0.05) is 12.1 Å². The highest BCUT2D eigenvalue weighted by Gasteiger charge is 2.05. The van der Waals surface area contributed by atoms with Gasteiger partial charge in [-0.3, -0.25) is 10.7 Å². The molecule has 7 nitrogen and oxygen atoms in total. The van der Waals surface area contributed by atoms with E-state index in [1.165, 1.54) is 17.7 Å². The number of aromatic nitrogens is 1. The zero-order valence-electron chi connectivity index (χ0n) is 10.3. The third-order valence-corrected chi connectivity index (χ3v) is 2.99. The van der Waals surface area contributed by atoms with E-state index < -0.39 is 0 Å². The van der Waals surface area contributed by atoms with E-state index in [1.807, 2.05) is 29.6 Å². The molecule has 1 heterocycles. The molecule has 0 atom stereocenters. The summed E-state index contributed by atoms with van der Waals surface area (Å²) >= 11 is 1.36. The molecule has 8 heteroatoms. The molecule has 1 aromatic carbocycles. The molecule has 0 saturated carbocycles. The molecular weight excluding hydrogens is 274 g/mol. The number of nitrogens with one attached hydrogen (secondary N) is 3. The topological polar surface area (TPSA) is 123 Å². The number of hydrogen-bond acceptors (Lipinski definition) is 5. The number of benzene rings is 1. The minimum absolute atomic E-state index is 0.146. The third kappa shape index (κ3) is 3.54. The highest BCUT2D eigenvalue weighted by Crippen LogP contribution is 2.27. The molecule has 0 fully saturated rings. The Morgan fingerprint density at radius 3 is 3.15 bits per heavy atom. The van der Waals surface area contributed by atoms with Gasteiger partial charge in [0.25, 0.3) is 0 Å². The van der Waals surface area contributed by atoms with Crippen molar-refractivity contribution in [2.24, 2.45) is 10.7 Å². The molecule has 2 rings (SSSR count). The number of nitrogens with two attached hydrogens (primary N) is 1. The highest BCUT2D eigenvalue weighted by atomic mass is 32.1. The second-order valence-electron chi connectivity index (χ2n) is 3.64. The Morgan fingerprint density at radius 1 is 1.55 bits per heavy atom. The van der Waals surface area contributed by atoms with E-state index >= 15 is 0 Å². The van der Waals surface area contributed by atoms with Gasteiger partial charge in [0, 0.05) is 10.9 Å². The van der Waals surface area contributed by atoms with Crippen LogP contribution in [-0.4, -0.2) is 17.3 Å². The summed E-state index contributed by atoms with van der Waals surface area (Å²) in [6, 6.07) is 7.43. The van der Waals surface area contributed by atoms with Crippen LogP contribution in [0.15, 0.2) is 34.6 Å². The maximum absolute atomic E-state index is 8.36. The van der Waals surface area contributed by atoms with Gasteiger partial charge in [0.15, 0.2) is 17.3 Å². The Hall–Kier alpha value is -2.92. The van der Waals surface area contributed by atoms with Gasteiger partial charge in [-0.25, -0.2) is 9.98 Å². The van der Waals surface area contributed by atoms with Crippen LogP contribution in [0.25, 0.3) is 11.3 Å². The van der Waals surface area contributed by atoms with E-state index in [-0.39, 0.29) is 5.96 Å². The molecule has 0 bridgehead atoms. The van der Waals surface area contributed by atoms with Crippen molar-refractivity contribution in [2.45, 2.75) is 0 Å². The number of hydrogen-bond donors (Lipinski definition) is 4. The van der Waals surface area contributed by atoms with Crippen molar-refractivity contribution in [1.29, 1.82) is 10.7 Å². The Bertz CT molecular complexity index is 683. The molecule has 0 unspecified atom stereocenters. The first-order chi connectivity index (χ1) is 9.69. The summed E-state index contributed by atoms with van der Waals surface area (Å²) < 4.78 is 0. The largest absolute Gasteiger partial charge is 0.370 e. The molecule has 0 spiro atoms. The molecule has 5 N–H and O–H groups in total.